The minimum Gasteiger partial charge on any atom is -0.443 e. The van der Waals surface area contributed by atoms with Crippen molar-refractivity contribution >= 4 is 58.1 Å². The molecular weight excluding hydrogens is 910 g/mol. The van der Waals surface area contributed by atoms with Crippen molar-refractivity contribution in [1.29, 1.82) is 0 Å². The highest BCUT2D eigenvalue weighted by Gasteiger charge is 2.47. The highest BCUT2D eigenvalue weighted by atomic mass is 35.5. The number of amides is 2. The van der Waals surface area contributed by atoms with Crippen molar-refractivity contribution in [2.24, 2.45) is 0 Å². The molecule has 6 aromatic rings. The van der Waals surface area contributed by atoms with E-state index in [0.29, 0.717) is 76.0 Å². The maximum Gasteiger partial charge on any atom is 0.416 e. The fourth-order valence-electron chi connectivity index (χ4n) is 7.57. The summed E-state index contributed by atoms with van der Waals surface area (Å²) >= 11 is 8.62. The Labute approximate surface area is 394 Å². The molecule has 0 aromatic carbocycles. The van der Waals surface area contributed by atoms with Crippen LogP contribution in [0.15, 0.2) is 73.3 Å². The molecule has 0 atom stereocenters. The Kier molecular flexibility index (Phi) is 14.7. The van der Waals surface area contributed by atoms with Crippen molar-refractivity contribution in [3.63, 3.8) is 0 Å². The van der Waals surface area contributed by atoms with Crippen LogP contribution in [0.5, 0.6) is 0 Å². The largest absolute Gasteiger partial charge is 0.443 e. The molecule has 2 saturated carbocycles. The van der Waals surface area contributed by atoms with Crippen LogP contribution in [0.2, 0.25) is 0 Å². The lowest BCUT2D eigenvalue weighted by molar-refractivity contribution is 0.0547. The number of ether oxygens (including phenoxy) is 2. The first-order valence-corrected chi connectivity index (χ1v) is 23.6. The lowest BCUT2D eigenvalue weighted by atomic mass is 9.66. The normalized spacial score (nSPS) is 15.1. The molecule has 0 bridgehead atoms. The molecule has 2 fully saturated rings. The molecule has 0 spiro atoms. The monoisotopic (exact) mass is 960 g/mol. The van der Waals surface area contributed by atoms with E-state index in [4.69, 9.17) is 21.1 Å². The van der Waals surface area contributed by atoms with Gasteiger partial charge in [-0.1, -0.05) is 12.8 Å². The van der Waals surface area contributed by atoms with Crippen LogP contribution < -0.4 is 9.80 Å². The molecule has 0 unspecified atom stereocenters. The molecule has 0 saturated heterocycles. The number of thiazole rings is 2. The van der Waals surface area contributed by atoms with Crippen LogP contribution in [0.25, 0.3) is 21.4 Å². The lowest BCUT2D eigenvalue weighted by Gasteiger charge is -2.44. The van der Waals surface area contributed by atoms with E-state index in [9.17, 15) is 23.5 Å². The molecular formula is C46H51ClF2N10O5S2. The Bertz CT molecular complexity index is 2430. The van der Waals surface area contributed by atoms with Crippen molar-refractivity contribution in [3.8, 4) is 21.4 Å². The van der Waals surface area contributed by atoms with E-state index < -0.39 is 34.2 Å². The zero-order valence-electron chi connectivity index (χ0n) is 37.5. The standard InChI is InChI=1S/C23H25ClFN5O2S.C23H26FN5O3S/c1-22(2,3)32-21(31)30(14-23(9-5-10-23)19-16(25)6-4-11-26-19)18-8-7-17(28-29-18)20-27-13-15(12-24)33-20;1-22(2,3)32-21(31)29(14-23(9-5-10-23)19-16(24)6-4-11-25-19)18-8-7-17(27-28-18)20-26-12-15(13-30)33-20/h4,6-8,11,13H,5,9-10,12,14H2,1-3H3;4,6-8,11-12,30H,5,9-10,13-14H2,1-3H3. The number of carbonyl (C=O) groups excluding carboxylic acids is 2. The van der Waals surface area contributed by atoms with Gasteiger partial charge in [-0.15, -0.1) is 54.7 Å². The number of pyridine rings is 2. The average Bonchev–Trinajstić information content (AvgIpc) is 3.94. The summed E-state index contributed by atoms with van der Waals surface area (Å²) in [4.78, 5) is 48.0. The van der Waals surface area contributed by atoms with Crippen LogP contribution in [0, 0.1) is 11.6 Å². The number of aliphatic hydroxyl groups is 1. The van der Waals surface area contributed by atoms with E-state index >= 15 is 0 Å². The summed E-state index contributed by atoms with van der Waals surface area (Å²) in [5.41, 5.74) is -0.807. The number of hydrogen-bond donors (Lipinski definition) is 1. The van der Waals surface area contributed by atoms with Crippen LogP contribution in [-0.4, -0.2) is 81.9 Å². The van der Waals surface area contributed by atoms with Crippen molar-refractivity contribution in [1.82, 2.24) is 40.3 Å². The third-order valence-corrected chi connectivity index (χ3v) is 13.5. The second-order valence-corrected chi connectivity index (χ2v) is 20.7. The van der Waals surface area contributed by atoms with Crippen molar-refractivity contribution < 1.29 is 33.0 Å². The number of carbonyl (C=O) groups is 2. The third kappa shape index (κ3) is 11.3. The summed E-state index contributed by atoms with van der Waals surface area (Å²) in [6, 6.07) is 12.8. The third-order valence-electron chi connectivity index (χ3n) is 11.0. The van der Waals surface area contributed by atoms with E-state index in [0.717, 1.165) is 22.6 Å². The second-order valence-electron chi connectivity index (χ2n) is 18.2. The van der Waals surface area contributed by atoms with Gasteiger partial charge < -0.3 is 14.6 Å². The van der Waals surface area contributed by atoms with Gasteiger partial charge in [0, 0.05) is 53.6 Å². The molecule has 2 amide bonds. The second kappa shape index (κ2) is 20.1. The fourth-order valence-corrected chi connectivity index (χ4v) is 9.27. The molecule has 15 nitrogen and oxygen atoms in total. The van der Waals surface area contributed by atoms with E-state index in [2.05, 4.69) is 40.3 Å². The molecule has 2 aliphatic rings. The number of anilines is 2. The minimum absolute atomic E-state index is 0.0955. The Morgan fingerprint density at radius 1 is 0.667 bits per heavy atom. The Morgan fingerprint density at radius 2 is 1.09 bits per heavy atom. The van der Waals surface area contributed by atoms with E-state index in [1.165, 1.54) is 44.6 Å². The Hall–Kier alpha value is -5.63. The van der Waals surface area contributed by atoms with Gasteiger partial charge in [-0.2, -0.15) is 0 Å². The van der Waals surface area contributed by atoms with E-state index in [1.807, 2.05) is 0 Å². The number of aliphatic hydroxyl groups excluding tert-OH is 1. The predicted molar refractivity (Wildman–Crippen MR) is 248 cm³/mol. The predicted octanol–water partition coefficient (Wildman–Crippen LogP) is 10.2. The lowest BCUT2D eigenvalue weighted by Crippen LogP contribution is -2.50. The molecule has 6 heterocycles. The molecule has 6 aromatic heterocycles. The van der Waals surface area contributed by atoms with Gasteiger partial charge in [0.15, 0.2) is 11.6 Å². The van der Waals surface area contributed by atoms with Gasteiger partial charge in [0.05, 0.1) is 28.8 Å². The van der Waals surface area contributed by atoms with Gasteiger partial charge in [0.25, 0.3) is 0 Å². The fraction of sp³-hybridized carbons (Fsp3) is 0.435. The summed E-state index contributed by atoms with van der Waals surface area (Å²) in [6.07, 6.45) is 9.97. The number of rotatable bonds is 12. The van der Waals surface area contributed by atoms with Gasteiger partial charge in [0.2, 0.25) is 0 Å². The number of aromatic nitrogens is 8. The molecule has 66 heavy (non-hydrogen) atoms. The van der Waals surface area contributed by atoms with Crippen molar-refractivity contribution in [2.45, 2.75) is 115 Å². The van der Waals surface area contributed by atoms with E-state index in [-0.39, 0.29) is 31.3 Å². The van der Waals surface area contributed by atoms with Crippen LogP contribution in [0.3, 0.4) is 0 Å². The van der Waals surface area contributed by atoms with Gasteiger partial charge >= 0.3 is 12.2 Å². The number of nitrogens with zero attached hydrogens (tertiary/aromatic N) is 10. The zero-order chi connectivity index (χ0) is 47.3. The van der Waals surface area contributed by atoms with Crippen molar-refractivity contribution in [2.75, 3.05) is 22.9 Å². The summed E-state index contributed by atoms with van der Waals surface area (Å²) in [5.74, 6) is 0.244. The summed E-state index contributed by atoms with van der Waals surface area (Å²) in [5, 5.41) is 27.7. The molecule has 1 N–H and O–H groups in total. The molecule has 2 aliphatic carbocycles. The smallest absolute Gasteiger partial charge is 0.416 e. The summed E-state index contributed by atoms with van der Waals surface area (Å²) < 4.78 is 40.6. The summed E-state index contributed by atoms with van der Waals surface area (Å²) in [6.45, 7) is 11.0. The van der Waals surface area contributed by atoms with Gasteiger partial charge in [0.1, 0.15) is 44.2 Å². The summed E-state index contributed by atoms with van der Waals surface area (Å²) in [7, 11) is 0. The quantitative estimate of drug-likeness (QED) is 0.115. The van der Waals surface area contributed by atoms with E-state index in [1.54, 1.807) is 103 Å². The number of alkyl halides is 1. The maximum atomic E-state index is 14.7. The maximum absolute atomic E-state index is 14.7. The SMILES string of the molecule is CC(C)(C)OC(=O)N(CC1(c2ncccc2F)CCC1)c1ccc(-c2ncc(CCl)s2)nn1.CC(C)(C)OC(=O)N(CC1(c2ncccc2F)CCC1)c1ccc(-c2ncc(CO)s2)nn1. The van der Waals surface area contributed by atoms with Gasteiger partial charge in [-0.05, 0) is 116 Å². The van der Waals surface area contributed by atoms with Crippen LogP contribution >= 0.6 is 34.3 Å². The topological polar surface area (TPSA) is 182 Å². The molecule has 0 radical (unpaired) electrons. The van der Waals surface area contributed by atoms with Gasteiger partial charge in [-0.25, -0.2) is 28.3 Å². The Balaban J connectivity index is 0.000000196. The number of halogens is 3. The first kappa shape index (κ1) is 48.3. The molecule has 0 aliphatic heterocycles. The van der Waals surface area contributed by atoms with Gasteiger partial charge in [-0.3, -0.25) is 19.8 Å². The average molecular weight is 962 g/mol. The van der Waals surface area contributed by atoms with Crippen LogP contribution in [0.1, 0.15) is 101 Å². The number of hydrogen-bond acceptors (Lipinski definition) is 15. The Morgan fingerprint density at radius 3 is 1.39 bits per heavy atom. The zero-order valence-corrected chi connectivity index (χ0v) is 39.9. The highest BCUT2D eigenvalue weighted by molar-refractivity contribution is 7.15. The van der Waals surface area contributed by atoms with Crippen LogP contribution in [0.4, 0.5) is 30.0 Å². The molecule has 8 rings (SSSR count). The van der Waals surface area contributed by atoms with Crippen molar-refractivity contribution in [3.05, 3.63) is 106 Å². The molecule has 348 valence electrons. The minimum atomic E-state index is -0.715. The highest BCUT2D eigenvalue weighted by Crippen LogP contribution is 2.46. The first-order valence-electron chi connectivity index (χ1n) is 21.4. The first-order chi connectivity index (χ1) is 31.4. The molecule has 20 heteroatoms. The van der Waals surface area contributed by atoms with Crippen LogP contribution in [-0.2, 0) is 32.8 Å².